The SMILES string of the molecule is CC(C)(C)[Si](C)(C)OCCC(CN)c1ccc(Cl)cc1. The largest absolute Gasteiger partial charge is 0.417 e. The highest BCUT2D eigenvalue weighted by atomic mass is 35.5. The Morgan fingerprint density at radius 2 is 1.75 bits per heavy atom. The normalized spacial score (nSPS) is 14.3. The second kappa shape index (κ2) is 7.08. The first-order valence-electron chi connectivity index (χ1n) is 7.27. The molecule has 0 aliphatic rings. The highest BCUT2D eigenvalue weighted by molar-refractivity contribution is 6.74. The van der Waals surface area contributed by atoms with Crippen LogP contribution in [-0.2, 0) is 4.43 Å². The second-order valence-corrected chi connectivity index (χ2v) is 12.1. The molecule has 4 heteroatoms. The molecule has 0 heterocycles. The molecule has 114 valence electrons. The fourth-order valence-electron chi connectivity index (χ4n) is 1.83. The minimum atomic E-state index is -1.66. The summed E-state index contributed by atoms with van der Waals surface area (Å²) >= 11 is 5.92. The van der Waals surface area contributed by atoms with Gasteiger partial charge < -0.3 is 10.2 Å². The molecular formula is C16H28ClNOSi. The van der Waals surface area contributed by atoms with E-state index in [2.05, 4.69) is 46.0 Å². The van der Waals surface area contributed by atoms with Crippen LogP contribution >= 0.6 is 11.6 Å². The van der Waals surface area contributed by atoms with Gasteiger partial charge in [0.2, 0.25) is 0 Å². The molecule has 1 aromatic carbocycles. The summed E-state index contributed by atoms with van der Waals surface area (Å²) in [6, 6.07) is 7.97. The molecular weight excluding hydrogens is 286 g/mol. The minimum absolute atomic E-state index is 0.255. The van der Waals surface area contributed by atoms with E-state index in [1.165, 1.54) is 5.56 Å². The summed E-state index contributed by atoms with van der Waals surface area (Å²) in [5.41, 5.74) is 7.15. The van der Waals surface area contributed by atoms with Crippen molar-refractivity contribution in [2.24, 2.45) is 5.73 Å². The van der Waals surface area contributed by atoms with E-state index in [0.717, 1.165) is 18.1 Å². The van der Waals surface area contributed by atoms with E-state index < -0.39 is 8.32 Å². The molecule has 0 radical (unpaired) electrons. The molecule has 20 heavy (non-hydrogen) atoms. The Morgan fingerprint density at radius 1 is 1.20 bits per heavy atom. The number of hydrogen-bond donors (Lipinski definition) is 1. The standard InChI is InChI=1S/C16H28ClNOSi/c1-16(2,3)20(4,5)19-11-10-14(12-18)13-6-8-15(17)9-7-13/h6-9,14H,10-12,18H2,1-5H3. The monoisotopic (exact) mass is 313 g/mol. The molecule has 0 bridgehead atoms. The fourth-order valence-corrected chi connectivity index (χ4v) is 3.02. The van der Waals surface area contributed by atoms with Crippen LogP contribution in [0.2, 0.25) is 23.2 Å². The van der Waals surface area contributed by atoms with E-state index >= 15 is 0 Å². The zero-order valence-electron chi connectivity index (χ0n) is 13.4. The summed E-state index contributed by atoms with van der Waals surface area (Å²) in [6.07, 6.45) is 0.963. The number of halogens is 1. The lowest BCUT2D eigenvalue weighted by molar-refractivity contribution is 0.272. The molecule has 1 unspecified atom stereocenters. The number of benzene rings is 1. The Bertz CT molecular complexity index is 411. The number of hydrogen-bond acceptors (Lipinski definition) is 2. The molecule has 1 rings (SSSR count). The van der Waals surface area contributed by atoms with Crippen LogP contribution in [0.5, 0.6) is 0 Å². The first-order valence-corrected chi connectivity index (χ1v) is 10.6. The lowest BCUT2D eigenvalue weighted by Gasteiger charge is -2.36. The Hall–Kier alpha value is -0.353. The van der Waals surface area contributed by atoms with Crippen molar-refractivity contribution in [1.29, 1.82) is 0 Å². The van der Waals surface area contributed by atoms with Crippen molar-refractivity contribution in [2.75, 3.05) is 13.2 Å². The van der Waals surface area contributed by atoms with Crippen LogP contribution in [0.3, 0.4) is 0 Å². The van der Waals surface area contributed by atoms with Crippen LogP contribution in [0.25, 0.3) is 0 Å². The van der Waals surface area contributed by atoms with Crippen LogP contribution in [0, 0.1) is 0 Å². The van der Waals surface area contributed by atoms with Gasteiger partial charge in [0.1, 0.15) is 0 Å². The van der Waals surface area contributed by atoms with Crippen molar-refractivity contribution in [3.63, 3.8) is 0 Å². The molecule has 2 N–H and O–H groups in total. The van der Waals surface area contributed by atoms with Crippen molar-refractivity contribution >= 4 is 19.9 Å². The van der Waals surface area contributed by atoms with Crippen LogP contribution in [0.4, 0.5) is 0 Å². The van der Waals surface area contributed by atoms with Gasteiger partial charge in [-0.15, -0.1) is 0 Å². The number of rotatable bonds is 6. The van der Waals surface area contributed by atoms with Crippen LogP contribution in [-0.4, -0.2) is 21.5 Å². The van der Waals surface area contributed by atoms with E-state index in [-0.39, 0.29) is 5.04 Å². The molecule has 0 aromatic heterocycles. The lowest BCUT2D eigenvalue weighted by Crippen LogP contribution is -2.41. The highest BCUT2D eigenvalue weighted by Crippen LogP contribution is 2.36. The molecule has 0 saturated heterocycles. The molecule has 2 nitrogen and oxygen atoms in total. The average molecular weight is 314 g/mol. The van der Waals surface area contributed by atoms with Gasteiger partial charge in [0.05, 0.1) is 0 Å². The maximum absolute atomic E-state index is 6.23. The Kier molecular flexibility index (Phi) is 6.26. The molecule has 0 aliphatic heterocycles. The predicted molar refractivity (Wildman–Crippen MR) is 91.0 cm³/mol. The molecule has 0 saturated carbocycles. The smallest absolute Gasteiger partial charge is 0.191 e. The van der Waals surface area contributed by atoms with Crippen molar-refractivity contribution in [3.8, 4) is 0 Å². The molecule has 0 aliphatic carbocycles. The summed E-state index contributed by atoms with van der Waals surface area (Å²) in [6.45, 7) is 12.8. The van der Waals surface area contributed by atoms with Crippen molar-refractivity contribution < 1.29 is 4.43 Å². The molecule has 0 fully saturated rings. The van der Waals surface area contributed by atoms with E-state index in [9.17, 15) is 0 Å². The fraction of sp³-hybridized carbons (Fsp3) is 0.625. The van der Waals surface area contributed by atoms with Gasteiger partial charge in [-0.3, -0.25) is 0 Å². The molecule has 0 spiro atoms. The Morgan fingerprint density at radius 3 is 2.20 bits per heavy atom. The lowest BCUT2D eigenvalue weighted by atomic mass is 9.96. The van der Waals surface area contributed by atoms with Gasteiger partial charge >= 0.3 is 0 Å². The topological polar surface area (TPSA) is 35.2 Å². The van der Waals surface area contributed by atoms with E-state index in [0.29, 0.717) is 12.5 Å². The first-order chi connectivity index (χ1) is 9.17. The van der Waals surface area contributed by atoms with Crippen LogP contribution in [0.15, 0.2) is 24.3 Å². The third-order valence-electron chi connectivity index (χ3n) is 4.36. The Balaban J connectivity index is 2.57. The van der Waals surface area contributed by atoms with Gasteiger partial charge in [-0.25, -0.2) is 0 Å². The van der Waals surface area contributed by atoms with E-state index in [1.54, 1.807) is 0 Å². The molecule has 0 amide bonds. The predicted octanol–water partition coefficient (Wildman–Crippen LogP) is 4.79. The van der Waals surface area contributed by atoms with Gasteiger partial charge in [-0.05, 0) is 54.7 Å². The van der Waals surface area contributed by atoms with Crippen LogP contribution < -0.4 is 5.73 Å². The quantitative estimate of drug-likeness (QED) is 0.766. The summed E-state index contributed by atoms with van der Waals surface area (Å²) in [7, 11) is -1.66. The van der Waals surface area contributed by atoms with E-state index in [1.807, 2.05) is 12.1 Å². The summed E-state index contributed by atoms with van der Waals surface area (Å²) in [5, 5.41) is 1.02. The third-order valence-corrected chi connectivity index (χ3v) is 9.15. The summed E-state index contributed by atoms with van der Waals surface area (Å²) in [5.74, 6) is 0.344. The van der Waals surface area contributed by atoms with Crippen LogP contribution in [0.1, 0.15) is 38.7 Å². The van der Waals surface area contributed by atoms with Gasteiger partial charge in [-0.1, -0.05) is 44.5 Å². The second-order valence-electron chi connectivity index (χ2n) is 6.88. The Labute approximate surface area is 129 Å². The van der Waals surface area contributed by atoms with E-state index in [4.69, 9.17) is 21.8 Å². The van der Waals surface area contributed by atoms with Crippen molar-refractivity contribution in [3.05, 3.63) is 34.9 Å². The maximum Gasteiger partial charge on any atom is 0.191 e. The van der Waals surface area contributed by atoms with Gasteiger partial charge in [0.25, 0.3) is 0 Å². The molecule has 1 atom stereocenters. The first kappa shape index (κ1) is 17.7. The minimum Gasteiger partial charge on any atom is -0.417 e. The third kappa shape index (κ3) is 4.88. The zero-order valence-corrected chi connectivity index (χ0v) is 15.1. The van der Waals surface area contributed by atoms with Gasteiger partial charge in [0, 0.05) is 11.6 Å². The summed E-state index contributed by atoms with van der Waals surface area (Å²) in [4.78, 5) is 0. The molecule has 1 aromatic rings. The van der Waals surface area contributed by atoms with Crippen molar-refractivity contribution in [2.45, 2.75) is 51.2 Å². The maximum atomic E-state index is 6.23. The number of nitrogens with two attached hydrogens (primary N) is 1. The average Bonchev–Trinajstić information content (AvgIpc) is 2.34. The van der Waals surface area contributed by atoms with Gasteiger partial charge in [-0.2, -0.15) is 0 Å². The summed E-state index contributed by atoms with van der Waals surface area (Å²) < 4.78 is 6.23. The van der Waals surface area contributed by atoms with Crippen molar-refractivity contribution in [1.82, 2.24) is 0 Å². The van der Waals surface area contributed by atoms with Gasteiger partial charge in [0.15, 0.2) is 8.32 Å². The zero-order chi connectivity index (χ0) is 15.4. The highest BCUT2D eigenvalue weighted by Gasteiger charge is 2.36.